The van der Waals surface area contributed by atoms with E-state index < -0.39 is 5.60 Å². The first kappa shape index (κ1) is 14.9. The molecule has 1 aromatic rings. The number of hydrogen-bond donors (Lipinski definition) is 3. The number of ether oxygens (including phenoxy) is 1. The molecule has 0 saturated heterocycles. The maximum absolute atomic E-state index is 10.3. The van der Waals surface area contributed by atoms with Crippen molar-refractivity contribution in [2.75, 3.05) is 24.2 Å². The molecule has 0 amide bonds. The Bertz CT molecular complexity index is 443. The average molecular weight is 279 g/mol. The topological polar surface area (TPSA) is 80.4 Å². The largest absolute Gasteiger partial charge is 0.476 e. The molecule has 1 heterocycles. The molecule has 5 nitrogen and oxygen atoms in total. The Morgan fingerprint density at radius 1 is 1.40 bits per heavy atom. The summed E-state index contributed by atoms with van der Waals surface area (Å²) in [6.45, 7) is 5.12. The highest BCUT2D eigenvalue weighted by molar-refractivity contribution is 5.53. The van der Waals surface area contributed by atoms with Crippen LogP contribution in [0.15, 0.2) is 12.1 Å². The van der Waals surface area contributed by atoms with Gasteiger partial charge in [0, 0.05) is 6.54 Å². The molecular weight excluding hydrogens is 254 g/mol. The Kier molecular flexibility index (Phi) is 4.70. The Hall–Kier alpha value is -1.49. The Morgan fingerprint density at radius 3 is 2.70 bits per heavy atom. The molecule has 1 aliphatic rings. The number of nitrogens with one attached hydrogen (secondary N) is 1. The van der Waals surface area contributed by atoms with E-state index in [0.29, 0.717) is 49.3 Å². The van der Waals surface area contributed by atoms with E-state index >= 15 is 0 Å². The van der Waals surface area contributed by atoms with Crippen LogP contribution in [0.4, 0.5) is 11.5 Å². The van der Waals surface area contributed by atoms with Crippen LogP contribution in [0.3, 0.4) is 0 Å². The van der Waals surface area contributed by atoms with Gasteiger partial charge in [-0.25, -0.2) is 0 Å². The molecule has 20 heavy (non-hydrogen) atoms. The van der Waals surface area contributed by atoms with Gasteiger partial charge in [-0.2, -0.15) is 4.98 Å². The molecule has 0 aliphatic heterocycles. The number of rotatable bonds is 8. The van der Waals surface area contributed by atoms with E-state index in [1.54, 1.807) is 6.07 Å². The third kappa shape index (κ3) is 4.00. The highest BCUT2D eigenvalue weighted by Gasteiger charge is 2.23. The van der Waals surface area contributed by atoms with Crippen molar-refractivity contribution in [2.24, 2.45) is 5.92 Å². The minimum absolute atomic E-state index is 0.471. The van der Waals surface area contributed by atoms with Gasteiger partial charge in [-0.15, -0.1) is 0 Å². The van der Waals surface area contributed by atoms with Gasteiger partial charge in [0.05, 0.1) is 17.9 Å². The van der Waals surface area contributed by atoms with Crippen LogP contribution in [0.1, 0.15) is 39.5 Å². The number of aromatic nitrogens is 1. The molecule has 0 aromatic carbocycles. The zero-order valence-corrected chi connectivity index (χ0v) is 12.4. The van der Waals surface area contributed by atoms with Gasteiger partial charge in [-0.3, -0.25) is 0 Å². The van der Waals surface area contributed by atoms with Crippen molar-refractivity contribution in [3.05, 3.63) is 12.1 Å². The molecule has 4 N–H and O–H groups in total. The van der Waals surface area contributed by atoms with Gasteiger partial charge in [0.1, 0.15) is 5.82 Å². The van der Waals surface area contributed by atoms with E-state index in [1.165, 1.54) is 12.8 Å². The normalized spacial score (nSPS) is 15.2. The Balaban J connectivity index is 1.95. The SMILES string of the molecule is CCC(O)(CC)CNc1ccc(N)c(OCC2CC2)n1. The summed E-state index contributed by atoms with van der Waals surface area (Å²) < 4.78 is 5.65. The van der Waals surface area contributed by atoms with Gasteiger partial charge in [-0.05, 0) is 43.7 Å². The smallest absolute Gasteiger partial charge is 0.239 e. The summed E-state index contributed by atoms with van der Waals surface area (Å²) in [5.41, 5.74) is 5.72. The fourth-order valence-corrected chi connectivity index (χ4v) is 1.90. The van der Waals surface area contributed by atoms with E-state index in [1.807, 2.05) is 19.9 Å². The number of nitrogen functional groups attached to an aromatic ring is 1. The zero-order chi connectivity index (χ0) is 14.6. The van der Waals surface area contributed by atoms with Gasteiger partial charge < -0.3 is 20.9 Å². The van der Waals surface area contributed by atoms with Crippen molar-refractivity contribution in [1.29, 1.82) is 0 Å². The summed E-state index contributed by atoms with van der Waals surface area (Å²) in [6.07, 6.45) is 3.88. The van der Waals surface area contributed by atoms with Crippen molar-refractivity contribution in [1.82, 2.24) is 4.98 Å². The molecule has 1 aliphatic carbocycles. The minimum atomic E-state index is -0.696. The van der Waals surface area contributed by atoms with E-state index in [-0.39, 0.29) is 0 Å². The number of hydrogen-bond acceptors (Lipinski definition) is 5. The van der Waals surface area contributed by atoms with Crippen molar-refractivity contribution in [3.8, 4) is 5.88 Å². The molecule has 0 bridgehead atoms. The van der Waals surface area contributed by atoms with Crippen LogP contribution in [0.25, 0.3) is 0 Å². The highest BCUT2D eigenvalue weighted by atomic mass is 16.5. The molecule has 112 valence electrons. The lowest BCUT2D eigenvalue weighted by Gasteiger charge is -2.25. The van der Waals surface area contributed by atoms with Crippen LogP contribution in [0.5, 0.6) is 5.88 Å². The predicted octanol–water partition coefficient (Wildman–Crippen LogP) is 2.42. The first-order valence-electron chi connectivity index (χ1n) is 7.42. The molecule has 0 radical (unpaired) electrons. The third-order valence-corrected chi connectivity index (χ3v) is 3.96. The van der Waals surface area contributed by atoms with Gasteiger partial charge in [0.15, 0.2) is 0 Å². The molecule has 0 unspecified atom stereocenters. The number of nitrogens with two attached hydrogens (primary N) is 1. The Morgan fingerprint density at radius 2 is 2.10 bits per heavy atom. The molecule has 0 spiro atoms. The second-order valence-electron chi connectivity index (χ2n) is 5.63. The lowest BCUT2D eigenvalue weighted by Crippen LogP contribution is -2.35. The maximum atomic E-state index is 10.3. The van der Waals surface area contributed by atoms with Crippen LogP contribution in [0.2, 0.25) is 0 Å². The molecule has 5 heteroatoms. The lowest BCUT2D eigenvalue weighted by molar-refractivity contribution is 0.0456. The van der Waals surface area contributed by atoms with Gasteiger partial charge >= 0.3 is 0 Å². The molecule has 1 saturated carbocycles. The zero-order valence-electron chi connectivity index (χ0n) is 12.4. The number of pyridine rings is 1. The fraction of sp³-hybridized carbons (Fsp3) is 0.667. The van der Waals surface area contributed by atoms with Gasteiger partial charge in [0.25, 0.3) is 0 Å². The second-order valence-corrected chi connectivity index (χ2v) is 5.63. The average Bonchev–Trinajstić information content (AvgIpc) is 3.29. The van der Waals surface area contributed by atoms with Crippen LogP contribution >= 0.6 is 0 Å². The Labute approximate surface area is 120 Å². The maximum Gasteiger partial charge on any atom is 0.239 e. The third-order valence-electron chi connectivity index (χ3n) is 3.96. The minimum Gasteiger partial charge on any atom is -0.476 e. The first-order valence-corrected chi connectivity index (χ1v) is 7.42. The van der Waals surface area contributed by atoms with Crippen LogP contribution in [-0.2, 0) is 0 Å². The molecule has 1 fully saturated rings. The van der Waals surface area contributed by atoms with E-state index in [9.17, 15) is 5.11 Å². The standard InChI is InChI=1S/C15H25N3O2/c1-3-15(19,4-2)10-17-13-8-7-12(16)14(18-13)20-9-11-5-6-11/h7-8,11,19H,3-6,9-10,16H2,1-2H3,(H,17,18). The number of anilines is 2. The lowest BCUT2D eigenvalue weighted by atomic mass is 9.98. The highest BCUT2D eigenvalue weighted by Crippen LogP contribution is 2.30. The van der Waals surface area contributed by atoms with Crippen LogP contribution < -0.4 is 15.8 Å². The molecule has 1 aromatic heterocycles. The summed E-state index contributed by atoms with van der Waals surface area (Å²) in [5, 5.41) is 13.4. The second kappa shape index (κ2) is 6.31. The summed E-state index contributed by atoms with van der Waals surface area (Å²) in [6, 6.07) is 3.60. The van der Waals surface area contributed by atoms with Crippen molar-refractivity contribution in [3.63, 3.8) is 0 Å². The van der Waals surface area contributed by atoms with Crippen molar-refractivity contribution < 1.29 is 9.84 Å². The summed E-state index contributed by atoms with van der Waals surface area (Å²) in [5.74, 6) is 1.84. The van der Waals surface area contributed by atoms with Crippen LogP contribution in [-0.4, -0.2) is 28.8 Å². The number of nitrogens with zero attached hydrogens (tertiary/aromatic N) is 1. The number of aliphatic hydroxyl groups is 1. The van der Waals surface area contributed by atoms with Gasteiger partial charge in [-0.1, -0.05) is 13.8 Å². The first-order chi connectivity index (χ1) is 9.56. The van der Waals surface area contributed by atoms with Crippen molar-refractivity contribution >= 4 is 11.5 Å². The quantitative estimate of drug-likeness (QED) is 0.681. The molecule has 0 atom stereocenters. The van der Waals surface area contributed by atoms with E-state index in [0.717, 1.165) is 0 Å². The van der Waals surface area contributed by atoms with E-state index in [2.05, 4.69) is 10.3 Å². The van der Waals surface area contributed by atoms with E-state index in [4.69, 9.17) is 10.5 Å². The summed E-state index contributed by atoms with van der Waals surface area (Å²) >= 11 is 0. The monoisotopic (exact) mass is 279 g/mol. The predicted molar refractivity (Wildman–Crippen MR) is 80.9 cm³/mol. The van der Waals surface area contributed by atoms with Crippen molar-refractivity contribution in [2.45, 2.75) is 45.1 Å². The van der Waals surface area contributed by atoms with Gasteiger partial charge in [0.2, 0.25) is 5.88 Å². The van der Waals surface area contributed by atoms with Crippen LogP contribution in [0, 0.1) is 5.92 Å². The molecule has 2 rings (SSSR count). The fourth-order valence-electron chi connectivity index (χ4n) is 1.90. The summed E-state index contributed by atoms with van der Waals surface area (Å²) in [7, 11) is 0. The summed E-state index contributed by atoms with van der Waals surface area (Å²) in [4.78, 5) is 4.37. The molecular formula is C15H25N3O2.